The van der Waals surface area contributed by atoms with Gasteiger partial charge in [0, 0.05) is 22.6 Å². The molecule has 124 valence electrons. The molecule has 0 aliphatic rings. The number of para-hydroxylation sites is 1. The van der Waals surface area contributed by atoms with E-state index in [1.165, 1.54) is 6.20 Å². The second kappa shape index (κ2) is 7.72. The minimum absolute atomic E-state index is 0.305. The standard InChI is InChI=1S/C19H14BrN3O2/c20-14-6-3-7-15(11-14)22-19(25)16-8-1-2-9-17(16)23-18(24)13-5-4-10-21-12-13/h1-12H,(H,22,25)(H,23,24). The molecule has 0 aliphatic carbocycles. The van der Waals surface area contributed by atoms with E-state index in [1.54, 1.807) is 54.7 Å². The summed E-state index contributed by atoms with van der Waals surface area (Å²) in [4.78, 5) is 28.8. The molecule has 6 heteroatoms. The number of anilines is 2. The van der Waals surface area contributed by atoms with Gasteiger partial charge in [-0.3, -0.25) is 14.6 Å². The highest BCUT2D eigenvalue weighted by Crippen LogP contribution is 2.20. The molecule has 5 nitrogen and oxygen atoms in total. The van der Waals surface area contributed by atoms with Crippen molar-refractivity contribution < 1.29 is 9.59 Å². The molecular weight excluding hydrogens is 382 g/mol. The number of hydrogen-bond acceptors (Lipinski definition) is 3. The van der Waals surface area contributed by atoms with Crippen LogP contribution < -0.4 is 10.6 Å². The molecule has 0 bridgehead atoms. The lowest BCUT2D eigenvalue weighted by Gasteiger charge is -2.11. The van der Waals surface area contributed by atoms with Crippen LogP contribution in [0.2, 0.25) is 0 Å². The Labute approximate surface area is 153 Å². The second-order valence-corrected chi connectivity index (χ2v) is 6.12. The van der Waals surface area contributed by atoms with Crippen LogP contribution in [0.5, 0.6) is 0 Å². The van der Waals surface area contributed by atoms with Gasteiger partial charge >= 0.3 is 0 Å². The Kier molecular flexibility index (Phi) is 5.20. The van der Waals surface area contributed by atoms with Gasteiger partial charge in [0.25, 0.3) is 11.8 Å². The topological polar surface area (TPSA) is 71.1 Å². The Balaban J connectivity index is 1.81. The smallest absolute Gasteiger partial charge is 0.257 e. The minimum Gasteiger partial charge on any atom is -0.322 e. The number of rotatable bonds is 4. The normalized spacial score (nSPS) is 10.1. The van der Waals surface area contributed by atoms with Crippen LogP contribution in [0.3, 0.4) is 0 Å². The van der Waals surface area contributed by atoms with Crippen LogP contribution >= 0.6 is 15.9 Å². The zero-order valence-corrected chi connectivity index (χ0v) is 14.7. The summed E-state index contributed by atoms with van der Waals surface area (Å²) in [6, 6.07) is 17.5. The van der Waals surface area contributed by atoms with Gasteiger partial charge in [-0.15, -0.1) is 0 Å². The highest BCUT2D eigenvalue weighted by Gasteiger charge is 2.14. The van der Waals surface area contributed by atoms with Gasteiger partial charge in [0.05, 0.1) is 16.8 Å². The van der Waals surface area contributed by atoms with Crippen molar-refractivity contribution in [3.63, 3.8) is 0 Å². The lowest BCUT2D eigenvalue weighted by molar-refractivity contribution is 0.102. The number of nitrogens with zero attached hydrogens (tertiary/aromatic N) is 1. The number of hydrogen-bond donors (Lipinski definition) is 2. The van der Waals surface area contributed by atoms with Crippen LogP contribution in [0.25, 0.3) is 0 Å². The highest BCUT2D eigenvalue weighted by molar-refractivity contribution is 9.10. The molecule has 25 heavy (non-hydrogen) atoms. The molecule has 2 N–H and O–H groups in total. The van der Waals surface area contributed by atoms with Crippen molar-refractivity contribution >= 4 is 39.1 Å². The number of carbonyl (C=O) groups excluding carboxylic acids is 2. The summed E-state index contributed by atoms with van der Waals surface area (Å²) in [5.74, 6) is -0.629. The summed E-state index contributed by atoms with van der Waals surface area (Å²) >= 11 is 3.37. The Morgan fingerprint density at radius 3 is 2.48 bits per heavy atom. The molecule has 0 unspecified atom stereocenters. The predicted octanol–water partition coefficient (Wildman–Crippen LogP) is 4.35. The van der Waals surface area contributed by atoms with E-state index in [2.05, 4.69) is 31.5 Å². The number of aromatic nitrogens is 1. The quantitative estimate of drug-likeness (QED) is 0.689. The molecule has 0 saturated carbocycles. The predicted molar refractivity (Wildman–Crippen MR) is 101 cm³/mol. The van der Waals surface area contributed by atoms with Crippen molar-refractivity contribution in [3.05, 3.63) is 88.7 Å². The molecule has 0 radical (unpaired) electrons. The zero-order chi connectivity index (χ0) is 17.6. The van der Waals surface area contributed by atoms with E-state index in [0.29, 0.717) is 22.5 Å². The number of amides is 2. The van der Waals surface area contributed by atoms with Crippen molar-refractivity contribution in [1.29, 1.82) is 0 Å². The summed E-state index contributed by atoms with van der Waals surface area (Å²) in [5, 5.41) is 5.58. The fraction of sp³-hybridized carbons (Fsp3) is 0. The lowest BCUT2D eigenvalue weighted by atomic mass is 10.1. The summed E-state index contributed by atoms with van der Waals surface area (Å²) in [7, 11) is 0. The van der Waals surface area contributed by atoms with E-state index in [4.69, 9.17) is 0 Å². The molecule has 0 fully saturated rings. The third-order valence-electron chi connectivity index (χ3n) is 3.43. The average Bonchev–Trinajstić information content (AvgIpc) is 2.63. The van der Waals surface area contributed by atoms with Crippen molar-refractivity contribution in [2.75, 3.05) is 10.6 Å². The van der Waals surface area contributed by atoms with Gasteiger partial charge in [0.15, 0.2) is 0 Å². The van der Waals surface area contributed by atoms with Gasteiger partial charge in [-0.05, 0) is 42.5 Å². The van der Waals surface area contributed by atoms with Crippen molar-refractivity contribution in [2.24, 2.45) is 0 Å². The van der Waals surface area contributed by atoms with Crippen LogP contribution in [0.1, 0.15) is 20.7 Å². The second-order valence-electron chi connectivity index (χ2n) is 5.21. The van der Waals surface area contributed by atoms with Crippen molar-refractivity contribution in [2.45, 2.75) is 0 Å². The first kappa shape index (κ1) is 16.9. The SMILES string of the molecule is O=C(Nc1ccccc1C(=O)Nc1cccc(Br)c1)c1cccnc1. The molecule has 3 aromatic rings. The van der Waals surface area contributed by atoms with Gasteiger partial charge in [0.2, 0.25) is 0 Å². The van der Waals surface area contributed by atoms with Crippen LogP contribution in [0.15, 0.2) is 77.5 Å². The first-order chi connectivity index (χ1) is 12.1. The van der Waals surface area contributed by atoms with Gasteiger partial charge in [-0.2, -0.15) is 0 Å². The number of benzene rings is 2. The number of carbonyl (C=O) groups is 2. The molecule has 3 rings (SSSR count). The van der Waals surface area contributed by atoms with E-state index < -0.39 is 0 Å². The third-order valence-corrected chi connectivity index (χ3v) is 3.92. The highest BCUT2D eigenvalue weighted by atomic mass is 79.9. The molecule has 0 spiro atoms. The largest absolute Gasteiger partial charge is 0.322 e. The maximum Gasteiger partial charge on any atom is 0.257 e. The van der Waals surface area contributed by atoms with E-state index in [0.717, 1.165) is 4.47 Å². The monoisotopic (exact) mass is 395 g/mol. The molecule has 2 amide bonds. The van der Waals surface area contributed by atoms with E-state index in [1.807, 2.05) is 12.1 Å². The van der Waals surface area contributed by atoms with Gasteiger partial charge in [-0.25, -0.2) is 0 Å². The Morgan fingerprint density at radius 2 is 1.72 bits per heavy atom. The molecule has 2 aromatic carbocycles. The Hall–Kier alpha value is -2.99. The fourth-order valence-electron chi connectivity index (χ4n) is 2.25. The lowest BCUT2D eigenvalue weighted by Crippen LogP contribution is -2.18. The number of pyridine rings is 1. The summed E-state index contributed by atoms with van der Waals surface area (Å²) in [6.07, 6.45) is 3.07. The average molecular weight is 396 g/mol. The van der Waals surface area contributed by atoms with Gasteiger partial charge in [-0.1, -0.05) is 34.1 Å². The first-order valence-corrected chi connectivity index (χ1v) is 8.30. The van der Waals surface area contributed by atoms with Crippen molar-refractivity contribution in [1.82, 2.24) is 4.98 Å². The Bertz CT molecular complexity index is 913. The van der Waals surface area contributed by atoms with E-state index in [-0.39, 0.29) is 11.8 Å². The summed E-state index contributed by atoms with van der Waals surface area (Å²) in [6.45, 7) is 0. The first-order valence-electron chi connectivity index (χ1n) is 7.51. The van der Waals surface area contributed by atoms with Crippen LogP contribution in [-0.2, 0) is 0 Å². The fourth-order valence-corrected chi connectivity index (χ4v) is 2.65. The van der Waals surface area contributed by atoms with Gasteiger partial charge in [0.1, 0.15) is 0 Å². The minimum atomic E-state index is -0.323. The number of nitrogens with one attached hydrogen (secondary N) is 2. The summed E-state index contributed by atoms with van der Waals surface area (Å²) < 4.78 is 0.864. The van der Waals surface area contributed by atoms with Crippen LogP contribution in [0.4, 0.5) is 11.4 Å². The molecule has 0 aliphatic heterocycles. The summed E-state index contributed by atoms with van der Waals surface area (Å²) in [5.41, 5.74) is 1.89. The number of halogens is 1. The van der Waals surface area contributed by atoms with E-state index >= 15 is 0 Å². The van der Waals surface area contributed by atoms with Gasteiger partial charge < -0.3 is 10.6 Å². The van der Waals surface area contributed by atoms with Crippen LogP contribution in [0, 0.1) is 0 Å². The third kappa shape index (κ3) is 4.30. The van der Waals surface area contributed by atoms with E-state index in [9.17, 15) is 9.59 Å². The molecule has 0 atom stereocenters. The molecule has 1 heterocycles. The molecule has 1 aromatic heterocycles. The van der Waals surface area contributed by atoms with Crippen LogP contribution in [-0.4, -0.2) is 16.8 Å². The zero-order valence-electron chi connectivity index (χ0n) is 13.1. The molecular formula is C19H14BrN3O2. The maximum absolute atomic E-state index is 12.6. The maximum atomic E-state index is 12.6. The van der Waals surface area contributed by atoms with Crippen molar-refractivity contribution in [3.8, 4) is 0 Å². The Morgan fingerprint density at radius 1 is 0.880 bits per heavy atom. The molecule has 0 saturated heterocycles.